The molecule has 65 heavy (non-hydrogen) atoms. The van der Waals surface area contributed by atoms with Gasteiger partial charge in [0.15, 0.2) is 0 Å². The van der Waals surface area contributed by atoms with Gasteiger partial charge in [-0.3, -0.25) is 0 Å². The molecule has 0 aromatic carbocycles. The Morgan fingerprint density at radius 3 is 0.446 bits per heavy atom. The zero-order chi connectivity index (χ0) is 49.2. The third-order valence-electron chi connectivity index (χ3n) is 12.2. The van der Waals surface area contributed by atoms with E-state index in [2.05, 4.69) is 20.8 Å². The van der Waals surface area contributed by atoms with Crippen molar-refractivity contribution in [1.29, 1.82) is 0 Å². The minimum absolute atomic E-state index is 0.472. The van der Waals surface area contributed by atoms with E-state index >= 15 is 0 Å². The molecule has 0 aliphatic heterocycles. The van der Waals surface area contributed by atoms with Gasteiger partial charge in [0, 0.05) is 0 Å². The first-order chi connectivity index (χ1) is 31.3. The summed E-state index contributed by atoms with van der Waals surface area (Å²) >= 11 is 2.54. The third-order valence-corrected chi connectivity index (χ3v) is 13.8. The van der Waals surface area contributed by atoms with Gasteiger partial charge in [0.05, 0.1) is 0 Å². The van der Waals surface area contributed by atoms with E-state index in [1.54, 1.807) is 0 Å². The Bertz CT molecular complexity index is 869. The summed E-state index contributed by atoms with van der Waals surface area (Å²) < 4.78 is 9.96. The van der Waals surface area contributed by atoms with Crippen LogP contribution in [0.1, 0.15) is 329 Å². The van der Waals surface area contributed by atoms with Gasteiger partial charge in [0.2, 0.25) is 0 Å². The number of carbonyl (C=O) groups excluding carboxylic acids is 3. The smallest absolute Gasteiger partial charge is 0.159 e. The van der Waals surface area contributed by atoms with Gasteiger partial charge >= 0.3 is 339 Å². The molecule has 0 fully saturated rings. The van der Waals surface area contributed by atoms with Gasteiger partial charge in [-0.2, -0.15) is 7.82 Å². The number of phosphoric acid groups is 1. The van der Waals surface area contributed by atoms with Gasteiger partial charge in [-0.15, -0.1) is 0 Å². The standard InChI is InChI=1S/3C18H35O.3Ca.H3O4P/c3*1-2-3-4-5-6-7-8-9-10-11-12-13-14-15-16-17-18-19;;;;1-5(2,3)4/h3*2-17H2,1H3;;;;(H3,1,2,3,4)/q;;;3*+1;/p-3. The predicted molar refractivity (Wildman–Crippen MR) is 279 cm³/mol. The molecule has 0 saturated heterocycles. The van der Waals surface area contributed by atoms with Crippen LogP contribution in [0.2, 0.25) is 0 Å². The Hall–Kier alpha value is 2.90. The molecule has 7 nitrogen and oxygen atoms in total. The molecule has 374 valence electrons. The fourth-order valence-electron chi connectivity index (χ4n) is 8.08. The van der Waals surface area contributed by atoms with Gasteiger partial charge in [0.1, 0.15) is 0 Å². The molecule has 0 amide bonds. The quantitative estimate of drug-likeness (QED) is 0.0336. The molecule has 11 heteroatoms. The zero-order valence-electron chi connectivity index (χ0n) is 43.9. The zero-order valence-corrected chi connectivity index (χ0v) is 51.4. The van der Waals surface area contributed by atoms with Crippen molar-refractivity contribution in [2.45, 2.75) is 329 Å². The van der Waals surface area contributed by atoms with Crippen LogP contribution in [0.4, 0.5) is 0 Å². The van der Waals surface area contributed by atoms with Crippen molar-refractivity contribution in [3.63, 3.8) is 0 Å². The minimum atomic E-state index is -5.39. The van der Waals surface area contributed by atoms with E-state index in [1.807, 2.05) is 0 Å². The Morgan fingerprint density at radius 2 is 0.354 bits per heavy atom. The van der Waals surface area contributed by atoms with Gasteiger partial charge < -0.3 is 19.2 Å². The van der Waals surface area contributed by atoms with Crippen LogP contribution in [-0.2, 0) is 18.9 Å². The minimum Gasteiger partial charge on any atom is -0.822 e. The van der Waals surface area contributed by atoms with Crippen molar-refractivity contribution < 1.29 is 33.6 Å². The molecular formula is C54H105Ca3O7P. The summed E-state index contributed by atoms with van der Waals surface area (Å²) in [5, 5.41) is 0. The molecule has 0 unspecified atom stereocenters. The maximum Gasteiger partial charge on any atom is -0.159 e. The molecule has 0 saturated carbocycles. The molecule has 0 heterocycles. The molecular weight excluding hydrogens is 912 g/mol. The van der Waals surface area contributed by atoms with Crippen LogP contribution in [0.25, 0.3) is 0 Å². The normalized spacial score (nSPS) is 11.0. The number of carbonyl (C=O) groups is 3. The number of rotatable bonds is 48. The first-order valence-electron chi connectivity index (χ1n) is 28.1. The maximum absolute atomic E-state index is 10.8. The molecule has 0 aliphatic carbocycles. The average Bonchev–Trinajstić information content (AvgIpc) is 3.24. The molecule has 0 rings (SSSR count). The van der Waals surface area contributed by atoms with Gasteiger partial charge in [-0.1, -0.05) is 117 Å². The van der Waals surface area contributed by atoms with E-state index in [0.717, 1.165) is 146 Å². The predicted octanol–water partition coefficient (Wildman–Crippen LogP) is 15.0. The second-order valence-corrected chi connectivity index (χ2v) is 23.8. The summed E-state index contributed by atoms with van der Waals surface area (Å²) in [6.45, 7) is 6.85. The third kappa shape index (κ3) is 97.0. The molecule has 0 aromatic heterocycles. The fourth-order valence-corrected chi connectivity index (χ4v) is 9.25. The van der Waals surface area contributed by atoms with Crippen molar-refractivity contribution in [3.05, 3.63) is 0 Å². The van der Waals surface area contributed by atoms with Crippen molar-refractivity contribution >= 4 is 121 Å². The van der Waals surface area contributed by atoms with Crippen molar-refractivity contribution in [2.24, 2.45) is 0 Å². The van der Waals surface area contributed by atoms with Gasteiger partial charge in [-0.05, 0) is 0 Å². The Labute approximate surface area is 477 Å². The molecule has 0 aromatic rings. The average molecular weight is 1020 g/mol. The summed E-state index contributed by atoms with van der Waals surface area (Å²) in [6.07, 6.45) is 65.2. The van der Waals surface area contributed by atoms with E-state index in [0.29, 0.717) is 5.64 Å². The number of unbranched alkanes of at least 4 members (excludes halogenated alkanes) is 42. The fraction of sp³-hybridized carbons (Fsp3) is 0.944. The number of hydrogen-bond acceptors (Lipinski definition) is 7. The monoisotopic (exact) mass is 1020 g/mol. The van der Waals surface area contributed by atoms with Crippen molar-refractivity contribution in [2.75, 3.05) is 0 Å². The first kappa shape index (κ1) is 74.4. The van der Waals surface area contributed by atoms with Gasteiger partial charge in [0.25, 0.3) is 0 Å². The van der Waals surface area contributed by atoms with E-state index in [1.165, 1.54) is 270 Å². The largest absolute Gasteiger partial charge is 0.822 e. The van der Waals surface area contributed by atoms with Crippen LogP contribution in [0.3, 0.4) is 0 Å². The second kappa shape index (κ2) is 66.9. The summed E-state index contributed by atoms with van der Waals surface area (Å²) in [4.78, 5) is 58.1. The van der Waals surface area contributed by atoms with Crippen molar-refractivity contribution in [1.82, 2.24) is 0 Å². The van der Waals surface area contributed by atoms with Crippen molar-refractivity contribution in [3.8, 4) is 0 Å². The Morgan fingerprint density at radius 1 is 0.262 bits per heavy atom. The Balaban J connectivity index is -0.000000407. The molecule has 0 atom stereocenters. The second-order valence-electron chi connectivity index (χ2n) is 19.2. The van der Waals surface area contributed by atoms with E-state index in [9.17, 15) is 14.4 Å². The summed E-state index contributed by atoms with van der Waals surface area (Å²) in [7, 11) is -5.39. The van der Waals surface area contributed by atoms with E-state index < -0.39 is 7.82 Å². The van der Waals surface area contributed by atoms with E-state index in [-0.39, 0.29) is 0 Å². The maximum atomic E-state index is 10.8. The van der Waals surface area contributed by atoms with Crippen LogP contribution < -0.4 is 14.7 Å². The topological polar surface area (TPSA) is 137 Å². The summed E-state index contributed by atoms with van der Waals surface area (Å²) in [5.41, 5.74) is 0. The number of hydrogen-bond donors (Lipinski definition) is 0. The van der Waals surface area contributed by atoms with Crippen LogP contribution in [0.15, 0.2) is 0 Å². The van der Waals surface area contributed by atoms with Crippen LogP contribution in [0.5, 0.6) is 0 Å². The first-order valence-corrected chi connectivity index (χ1v) is 32.9. The summed E-state index contributed by atoms with van der Waals surface area (Å²) in [6, 6.07) is 0. The van der Waals surface area contributed by atoms with Crippen LogP contribution in [0, 0.1) is 0 Å². The molecule has 0 radical (unpaired) electrons. The van der Waals surface area contributed by atoms with E-state index in [4.69, 9.17) is 19.2 Å². The molecule has 0 spiro atoms. The van der Waals surface area contributed by atoms with Crippen LogP contribution >= 0.6 is 7.82 Å². The molecule has 0 N–H and O–H groups in total. The summed E-state index contributed by atoms with van der Waals surface area (Å²) in [5.74, 6) is 0. The van der Waals surface area contributed by atoms with Crippen LogP contribution in [-0.4, -0.2) is 113 Å². The SMILES string of the molecule is CCCCCCCCCCCCCCCCC[C](=O)[Ca+].CCCCCCCCCCCCCCCCC[C](=O)[Ca+].CCCCCCCCCCCCCCCCC[C](=O)[Ca+].O=P([O-])([O-])[O-]. The Kier molecular flexibility index (Phi) is 76.6. The van der Waals surface area contributed by atoms with Gasteiger partial charge in [-0.25, -0.2) is 0 Å². The molecule has 0 aliphatic rings. The molecule has 0 bridgehead atoms.